The van der Waals surface area contributed by atoms with Crippen LogP contribution >= 0.6 is 15.9 Å². The van der Waals surface area contributed by atoms with Crippen molar-refractivity contribution in [3.05, 3.63) is 42.1 Å². The molecule has 2 aromatic rings. The summed E-state index contributed by atoms with van der Waals surface area (Å²) in [6.07, 6.45) is 5.36. The van der Waals surface area contributed by atoms with Crippen molar-refractivity contribution in [3.8, 4) is 0 Å². The zero-order valence-corrected chi connectivity index (χ0v) is 11.1. The van der Waals surface area contributed by atoms with Crippen LogP contribution in [0.1, 0.15) is 25.3 Å². The molecular formula is C14H16BrN. The highest BCUT2D eigenvalue weighted by atomic mass is 79.9. The van der Waals surface area contributed by atoms with Crippen molar-refractivity contribution in [1.29, 1.82) is 0 Å². The third-order valence-corrected chi connectivity index (χ3v) is 3.96. The average Bonchev–Trinajstić information content (AvgIpc) is 2.35. The van der Waals surface area contributed by atoms with E-state index >= 15 is 0 Å². The average molecular weight is 278 g/mol. The van der Waals surface area contributed by atoms with Crippen LogP contribution in [0.3, 0.4) is 0 Å². The van der Waals surface area contributed by atoms with Crippen LogP contribution in [0.15, 0.2) is 36.5 Å². The number of pyridine rings is 1. The Morgan fingerprint density at radius 3 is 3.00 bits per heavy atom. The van der Waals surface area contributed by atoms with Crippen molar-refractivity contribution in [2.75, 3.05) is 0 Å². The SMILES string of the molecule is CCC(Br)CCc1ccc2ncccc2c1. The summed E-state index contributed by atoms with van der Waals surface area (Å²) in [7, 11) is 0. The molecule has 0 saturated heterocycles. The Labute approximate surface area is 105 Å². The smallest absolute Gasteiger partial charge is 0.0702 e. The van der Waals surface area contributed by atoms with Crippen molar-refractivity contribution in [1.82, 2.24) is 4.98 Å². The Hall–Kier alpha value is -0.890. The van der Waals surface area contributed by atoms with Gasteiger partial charge in [0, 0.05) is 16.4 Å². The normalized spacial score (nSPS) is 12.9. The first-order valence-electron chi connectivity index (χ1n) is 5.77. The largest absolute Gasteiger partial charge is 0.256 e. The summed E-state index contributed by atoms with van der Waals surface area (Å²) in [6.45, 7) is 2.21. The Morgan fingerprint density at radius 1 is 1.31 bits per heavy atom. The van der Waals surface area contributed by atoms with E-state index in [9.17, 15) is 0 Å². The van der Waals surface area contributed by atoms with Gasteiger partial charge in [-0.05, 0) is 43.0 Å². The third-order valence-electron chi connectivity index (χ3n) is 2.86. The van der Waals surface area contributed by atoms with Gasteiger partial charge in [0.15, 0.2) is 0 Å². The summed E-state index contributed by atoms with van der Waals surface area (Å²) in [5.74, 6) is 0. The second-order valence-electron chi connectivity index (χ2n) is 4.07. The molecular weight excluding hydrogens is 262 g/mol. The van der Waals surface area contributed by atoms with Gasteiger partial charge in [-0.2, -0.15) is 0 Å². The molecule has 2 heteroatoms. The Bertz CT molecular complexity index is 467. The van der Waals surface area contributed by atoms with E-state index in [1.807, 2.05) is 12.3 Å². The number of halogens is 1. The highest BCUT2D eigenvalue weighted by Gasteiger charge is 2.02. The van der Waals surface area contributed by atoms with Gasteiger partial charge in [0.25, 0.3) is 0 Å². The maximum Gasteiger partial charge on any atom is 0.0702 e. The lowest BCUT2D eigenvalue weighted by Gasteiger charge is -2.07. The lowest BCUT2D eigenvalue weighted by atomic mass is 10.0. The Morgan fingerprint density at radius 2 is 2.19 bits per heavy atom. The van der Waals surface area contributed by atoms with Crippen LogP contribution in [0, 0.1) is 0 Å². The zero-order chi connectivity index (χ0) is 11.4. The van der Waals surface area contributed by atoms with Crippen LogP contribution in [0.5, 0.6) is 0 Å². The monoisotopic (exact) mass is 277 g/mol. The lowest BCUT2D eigenvalue weighted by molar-refractivity contribution is 0.747. The maximum absolute atomic E-state index is 4.32. The number of fused-ring (bicyclic) bond motifs is 1. The summed E-state index contributed by atoms with van der Waals surface area (Å²) >= 11 is 3.67. The number of alkyl halides is 1. The van der Waals surface area contributed by atoms with Crippen LogP contribution in [0.4, 0.5) is 0 Å². The van der Waals surface area contributed by atoms with E-state index in [0.717, 1.165) is 11.9 Å². The molecule has 1 unspecified atom stereocenters. The van der Waals surface area contributed by atoms with E-state index in [4.69, 9.17) is 0 Å². The maximum atomic E-state index is 4.32. The third kappa shape index (κ3) is 2.82. The first-order chi connectivity index (χ1) is 7.79. The predicted octanol–water partition coefficient (Wildman–Crippen LogP) is 4.34. The number of hydrogen-bond donors (Lipinski definition) is 0. The van der Waals surface area contributed by atoms with E-state index < -0.39 is 0 Å². The summed E-state index contributed by atoms with van der Waals surface area (Å²) in [6, 6.07) is 10.7. The second kappa shape index (κ2) is 5.44. The first kappa shape index (κ1) is 11.6. The first-order valence-corrected chi connectivity index (χ1v) is 6.69. The van der Waals surface area contributed by atoms with E-state index in [1.54, 1.807) is 0 Å². The summed E-state index contributed by atoms with van der Waals surface area (Å²) in [5, 5.41) is 1.24. The highest BCUT2D eigenvalue weighted by Crippen LogP contribution is 2.17. The van der Waals surface area contributed by atoms with E-state index in [1.165, 1.54) is 23.8 Å². The van der Waals surface area contributed by atoms with Crippen molar-refractivity contribution >= 4 is 26.8 Å². The molecule has 0 radical (unpaired) electrons. The van der Waals surface area contributed by atoms with E-state index in [2.05, 4.69) is 52.1 Å². The van der Waals surface area contributed by atoms with E-state index in [-0.39, 0.29) is 0 Å². The molecule has 0 aliphatic rings. The molecule has 0 saturated carbocycles. The molecule has 16 heavy (non-hydrogen) atoms. The molecule has 0 N–H and O–H groups in total. The fourth-order valence-electron chi connectivity index (χ4n) is 1.81. The second-order valence-corrected chi connectivity index (χ2v) is 5.37. The highest BCUT2D eigenvalue weighted by molar-refractivity contribution is 9.09. The van der Waals surface area contributed by atoms with Crippen LogP contribution in [0.25, 0.3) is 10.9 Å². The van der Waals surface area contributed by atoms with Crippen LogP contribution < -0.4 is 0 Å². The molecule has 84 valence electrons. The van der Waals surface area contributed by atoms with Crippen molar-refractivity contribution in [3.63, 3.8) is 0 Å². The van der Waals surface area contributed by atoms with Gasteiger partial charge in [-0.15, -0.1) is 0 Å². The van der Waals surface area contributed by atoms with Gasteiger partial charge in [-0.1, -0.05) is 35.0 Å². The van der Waals surface area contributed by atoms with Gasteiger partial charge >= 0.3 is 0 Å². The van der Waals surface area contributed by atoms with Gasteiger partial charge in [0.05, 0.1) is 5.52 Å². The lowest BCUT2D eigenvalue weighted by Crippen LogP contribution is -1.97. The van der Waals surface area contributed by atoms with Crippen LogP contribution in [0.2, 0.25) is 0 Å². The molecule has 1 aromatic carbocycles. The van der Waals surface area contributed by atoms with Crippen molar-refractivity contribution < 1.29 is 0 Å². The molecule has 2 rings (SSSR count). The fraction of sp³-hybridized carbons (Fsp3) is 0.357. The molecule has 0 spiro atoms. The molecule has 1 nitrogen and oxygen atoms in total. The molecule has 0 aliphatic heterocycles. The summed E-state index contributed by atoms with van der Waals surface area (Å²) < 4.78 is 0. The molecule has 0 bridgehead atoms. The predicted molar refractivity (Wildman–Crippen MR) is 73.1 cm³/mol. The number of rotatable bonds is 4. The van der Waals surface area contributed by atoms with Crippen LogP contribution in [-0.2, 0) is 6.42 Å². The number of nitrogens with zero attached hydrogens (tertiary/aromatic N) is 1. The molecule has 1 aromatic heterocycles. The molecule has 1 heterocycles. The number of benzene rings is 1. The minimum absolute atomic E-state index is 0.636. The molecule has 0 fully saturated rings. The summed E-state index contributed by atoms with van der Waals surface area (Å²) in [5.41, 5.74) is 2.48. The molecule has 0 amide bonds. The van der Waals surface area contributed by atoms with Crippen LogP contribution in [-0.4, -0.2) is 9.81 Å². The van der Waals surface area contributed by atoms with Crippen molar-refractivity contribution in [2.45, 2.75) is 31.0 Å². The number of aryl methyl sites for hydroxylation is 1. The summed E-state index contributed by atoms with van der Waals surface area (Å²) in [4.78, 5) is 4.96. The number of aromatic nitrogens is 1. The number of hydrogen-bond acceptors (Lipinski definition) is 1. The Kier molecular flexibility index (Phi) is 3.94. The van der Waals surface area contributed by atoms with Gasteiger partial charge in [0.2, 0.25) is 0 Å². The topological polar surface area (TPSA) is 12.9 Å². The molecule has 1 atom stereocenters. The fourth-order valence-corrected chi connectivity index (χ4v) is 2.04. The minimum atomic E-state index is 0.636. The zero-order valence-electron chi connectivity index (χ0n) is 9.49. The van der Waals surface area contributed by atoms with Gasteiger partial charge in [0.1, 0.15) is 0 Å². The molecule has 0 aliphatic carbocycles. The van der Waals surface area contributed by atoms with Crippen molar-refractivity contribution in [2.24, 2.45) is 0 Å². The standard InChI is InChI=1S/C14H16BrN/c1-2-13(15)7-5-11-6-8-14-12(10-11)4-3-9-16-14/h3-4,6,8-10,13H,2,5,7H2,1H3. The van der Waals surface area contributed by atoms with E-state index in [0.29, 0.717) is 4.83 Å². The van der Waals surface area contributed by atoms with Gasteiger partial charge < -0.3 is 0 Å². The Balaban J connectivity index is 2.13. The van der Waals surface area contributed by atoms with Gasteiger partial charge in [-0.3, -0.25) is 4.98 Å². The minimum Gasteiger partial charge on any atom is -0.256 e. The van der Waals surface area contributed by atoms with Gasteiger partial charge in [-0.25, -0.2) is 0 Å². The quantitative estimate of drug-likeness (QED) is 0.758.